The fraction of sp³-hybridized carbons (Fsp3) is 0.280. The number of ether oxygens (including phenoxy) is 4. The van der Waals surface area contributed by atoms with E-state index in [0.717, 1.165) is 17.7 Å². The van der Waals surface area contributed by atoms with E-state index in [4.69, 9.17) is 18.9 Å². The SMILES string of the molecule is C[C@H]1[C@H](c2ccccc2Oc2cccc(C(F)(F)F)c2)c2cc3c(cc2O[C@@]1(C)O)OCO3. The summed E-state index contributed by atoms with van der Waals surface area (Å²) < 4.78 is 62.3. The second kappa shape index (κ2) is 7.59. The van der Waals surface area contributed by atoms with E-state index in [9.17, 15) is 18.3 Å². The van der Waals surface area contributed by atoms with Crippen LogP contribution in [0.3, 0.4) is 0 Å². The molecule has 3 atom stereocenters. The van der Waals surface area contributed by atoms with Crippen LogP contribution in [0, 0.1) is 5.92 Å². The van der Waals surface area contributed by atoms with Gasteiger partial charge in [0.05, 0.1) is 5.56 Å². The quantitative estimate of drug-likeness (QED) is 0.514. The molecule has 2 aliphatic heterocycles. The Balaban J connectivity index is 1.60. The van der Waals surface area contributed by atoms with E-state index < -0.39 is 23.4 Å². The molecule has 33 heavy (non-hydrogen) atoms. The molecular formula is C25H21F3O5. The van der Waals surface area contributed by atoms with Gasteiger partial charge in [-0.1, -0.05) is 31.2 Å². The van der Waals surface area contributed by atoms with E-state index in [0.29, 0.717) is 28.6 Å². The number of benzene rings is 3. The molecule has 0 spiro atoms. The van der Waals surface area contributed by atoms with Crippen LogP contribution in [0.1, 0.15) is 36.5 Å². The van der Waals surface area contributed by atoms with Crippen molar-refractivity contribution in [2.45, 2.75) is 31.7 Å². The van der Waals surface area contributed by atoms with Crippen LogP contribution in [0.25, 0.3) is 0 Å². The van der Waals surface area contributed by atoms with Crippen LogP contribution in [0.5, 0.6) is 28.7 Å². The smallest absolute Gasteiger partial charge is 0.416 e. The Hall–Kier alpha value is -3.39. The van der Waals surface area contributed by atoms with Crippen molar-refractivity contribution in [2.24, 2.45) is 5.92 Å². The molecule has 0 aromatic heterocycles. The largest absolute Gasteiger partial charge is 0.462 e. The highest BCUT2D eigenvalue weighted by molar-refractivity contribution is 5.58. The van der Waals surface area contributed by atoms with E-state index in [1.54, 1.807) is 25.1 Å². The lowest BCUT2D eigenvalue weighted by atomic mass is 9.75. The van der Waals surface area contributed by atoms with Crippen LogP contribution >= 0.6 is 0 Å². The zero-order valence-corrected chi connectivity index (χ0v) is 17.8. The van der Waals surface area contributed by atoms with Crippen LogP contribution in [0.15, 0.2) is 60.7 Å². The molecule has 5 nitrogen and oxygen atoms in total. The summed E-state index contributed by atoms with van der Waals surface area (Å²) >= 11 is 0. The summed E-state index contributed by atoms with van der Waals surface area (Å²) in [6, 6.07) is 15.3. The van der Waals surface area contributed by atoms with Gasteiger partial charge in [-0.05, 0) is 30.3 Å². The van der Waals surface area contributed by atoms with Gasteiger partial charge in [0.25, 0.3) is 0 Å². The maximum Gasteiger partial charge on any atom is 0.416 e. The molecule has 3 aromatic rings. The zero-order chi connectivity index (χ0) is 23.4. The molecule has 0 unspecified atom stereocenters. The predicted molar refractivity (Wildman–Crippen MR) is 113 cm³/mol. The van der Waals surface area contributed by atoms with Crippen LogP contribution in [-0.4, -0.2) is 17.7 Å². The first-order chi connectivity index (χ1) is 15.6. The van der Waals surface area contributed by atoms with Gasteiger partial charge in [0.15, 0.2) is 11.5 Å². The second-order valence-corrected chi connectivity index (χ2v) is 8.33. The minimum atomic E-state index is -4.48. The lowest BCUT2D eigenvalue weighted by molar-refractivity contribution is -0.171. The van der Waals surface area contributed by atoms with Crippen molar-refractivity contribution in [2.75, 3.05) is 6.79 Å². The van der Waals surface area contributed by atoms with Crippen molar-refractivity contribution in [3.63, 3.8) is 0 Å². The van der Waals surface area contributed by atoms with Gasteiger partial charge >= 0.3 is 6.18 Å². The molecule has 3 aromatic carbocycles. The van der Waals surface area contributed by atoms with Crippen LogP contribution in [-0.2, 0) is 6.18 Å². The minimum absolute atomic E-state index is 0.0645. The Bertz CT molecular complexity index is 1200. The van der Waals surface area contributed by atoms with Crippen molar-refractivity contribution in [3.8, 4) is 28.7 Å². The summed E-state index contributed by atoms with van der Waals surface area (Å²) in [7, 11) is 0. The van der Waals surface area contributed by atoms with Crippen molar-refractivity contribution >= 4 is 0 Å². The molecule has 0 fully saturated rings. The number of halogens is 3. The Morgan fingerprint density at radius 3 is 2.42 bits per heavy atom. The summed E-state index contributed by atoms with van der Waals surface area (Å²) in [4.78, 5) is 0. The van der Waals surface area contributed by atoms with Gasteiger partial charge in [0, 0.05) is 36.0 Å². The predicted octanol–water partition coefficient (Wildman–Crippen LogP) is 6.10. The van der Waals surface area contributed by atoms with Gasteiger partial charge in [0.1, 0.15) is 17.2 Å². The molecular weight excluding hydrogens is 437 g/mol. The minimum Gasteiger partial charge on any atom is -0.462 e. The Kier molecular flexibility index (Phi) is 4.93. The number of aliphatic hydroxyl groups is 1. The highest BCUT2D eigenvalue weighted by Crippen LogP contribution is 2.53. The summed E-state index contributed by atoms with van der Waals surface area (Å²) in [5.41, 5.74) is 0.669. The van der Waals surface area contributed by atoms with Crippen molar-refractivity contribution in [3.05, 3.63) is 77.4 Å². The van der Waals surface area contributed by atoms with Gasteiger partial charge in [-0.25, -0.2) is 0 Å². The first kappa shape index (κ1) is 21.5. The lowest BCUT2D eigenvalue weighted by Gasteiger charge is -2.42. The molecule has 1 N–H and O–H groups in total. The van der Waals surface area contributed by atoms with Gasteiger partial charge < -0.3 is 24.1 Å². The van der Waals surface area contributed by atoms with Crippen LogP contribution in [0.4, 0.5) is 13.2 Å². The van der Waals surface area contributed by atoms with Gasteiger partial charge in [-0.2, -0.15) is 13.2 Å². The van der Waals surface area contributed by atoms with E-state index in [-0.39, 0.29) is 18.5 Å². The molecule has 0 aliphatic carbocycles. The summed E-state index contributed by atoms with van der Waals surface area (Å²) in [5, 5.41) is 11.0. The maximum absolute atomic E-state index is 13.2. The highest BCUT2D eigenvalue weighted by Gasteiger charge is 2.45. The third-order valence-corrected chi connectivity index (χ3v) is 6.14. The molecule has 0 amide bonds. The summed E-state index contributed by atoms with van der Waals surface area (Å²) in [6.45, 7) is 3.51. The Morgan fingerprint density at radius 2 is 1.67 bits per heavy atom. The van der Waals surface area contributed by atoms with Gasteiger partial charge in [-0.15, -0.1) is 0 Å². The van der Waals surface area contributed by atoms with E-state index >= 15 is 0 Å². The van der Waals surface area contributed by atoms with E-state index in [1.807, 2.05) is 25.1 Å². The molecule has 172 valence electrons. The average Bonchev–Trinajstić information content (AvgIpc) is 3.21. The topological polar surface area (TPSA) is 57.2 Å². The van der Waals surface area contributed by atoms with Gasteiger partial charge in [0.2, 0.25) is 12.6 Å². The van der Waals surface area contributed by atoms with Gasteiger partial charge in [-0.3, -0.25) is 0 Å². The number of para-hydroxylation sites is 1. The number of hydrogen-bond donors (Lipinski definition) is 1. The van der Waals surface area contributed by atoms with Crippen molar-refractivity contribution in [1.29, 1.82) is 0 Å². The lowest BCUT2D eigenvalue weighted by Crippen LogP contribution is -2.45. The third-order valence-electron chi connectivity index (χ3n) is 6.14. The van der Waals surface area contributed by atoms with E-state index in [1.165, 1.54) is 12.1 Å². The monoisotopic (exact) mass is 458 g/mol. The normalized spacial score (nSPS) is 23.6. The molecule has 0 saturated carbocycles. The molecule has 2 aliphatic rings. The molecule has 2 heterocycles. The molecule has 0 saturated heterocycles. The average molecular weight is 458 g/mol. The number of hydrogen-bond acceptors (Lipinski definition) is 5. The highest BCUT2D eigenvalue weighted by atomic mass is 19.4. The number of fused-ring (bicyclic) bond motifs is 2. The van der Waals surface area contributed by atoms with Crippen LogP contribution in [0.2, 0.25) is 0 Å². The standard InChI is InChI=1S/C25H21F3O5/c1-14-23(18-11-21-22(31-13-30-21)12-20(18)33-24(14,2)29)17-8-3-4-9-19(17)32-16-7-5-6-15(10-16)25(26,27)28/h3-12,14,23,29H,13H2,1-2H3/t14-,23+,24+/m0/s1. The first-order valence-electron chi connectivity index (χ1n) is 10.4. The molecule has 5 rings (SSSR count). The van der Waals surface area contributed by atoms with Crippen LogP contribution < -0.4 is 18.9 Å². The third kappa shape index (κ3) is 3.84. The first-order valence-corrected chi connectivity index (χ1v) is 10.4. The summed E-state index contributed by atoms with van der Waals surface area (Å²) in [6.07, 6.45) is -4.48. The molecule has 8 heteroatoms. The fourth-order valence-electron chi connectivity index (χ4n) is 4.29. The summed E-state index contributed by atoms with van der Waals surface area (Å²) in [5.74, 6) is -0.337. The zero-order valence-electron chi connectivity index (χ0n) is 17.8. The Labute approximate surface area is 188 Å². The fourth-order valence-corrected chi connectivity index (χ4v) is 4.29. The van der Waals surface area contributed by atoms with E-state index in [2.05, 4.69) is 0 Å². The second-order valence-electron chi connectivity index (χ2n) is 8.33. The maximum atomic E-state index is 13.2. The Morgan fingerprint density at radius 1 is 0.939 bits per heavy atom. The molecule has 0 radical (unpaired) electrons. The molecule has 0 bridgehead atoms. The number of alkyl halides is 3. The van der Waals surface area contributed by atoms with Crippen molar-refractivity contribution in [1.82, 2.24) is 0 Å². The number of rotatable bonds is 3. The van der Waals surface area contributed by atoms with Crippen molar-refractivity contribution < 1.29 is 37.2 Å².